The molecule has 2 saturated heterocycles. The molecule has 3 rings (SSSR count). The van der Waals surface area contributed by atoms with Crippen LogP contribution in [0, 0.1) is 11.8 Å². The van der Waals surface area contributed by atoms with E-state index in [1.165, 1.54) is 5.56 Å². The second kappa shape index (κ2) is 7.84. The number of carbonyl (C=O) groups is 1. The van der Waals surface area contributed by atoms with Crippen LogP contribution in [0.15, 0.2) is 24.3 Å². The molecule has 1 N–H and O–H groups in total. The van der Waals surface area contributed by atoms with E-state index in [0.29, 0.717) is 24.2 Å². The fraction of sp³-hybridized carbons (Fsp3) is 0.588. The van der Waals surface area contributed by atoms with Gasteiger partial charge in [-0.2, -0.15) is 0 Å². The molecule has 2 atom stereocenters. The molecule has 0 spiro atoms. The molecule has 0 saturated carbocycles. The Morgan fingerprint density at radius 2 is 1.86 bits per heavy atom. The van der Waals surface area contributed by atoms with E-state index < -0.39 is 0 Å². The second-order valence-corrected chi connectivity index (χ2v) is 6.18. The molecule has 1 aromatic rings. The monoisotopic (exact) mass is 324 g/mol. The van der Waals surface area contributed by atoms with Gasteiger partial charge in [-0.3, -0.25) is 4.79 Å². The maximum atomic E-state index is 12.3. The highest BCUT2D eigenvalue weighted by Crippen LogP contribution is 2.26. The average molecular weight is 325 g/mol. The van der Waals surface area contributed by atoms with Crippen molar-refractivity contribution in [2.24, 2.45) is 11.8 Å². The van der Waals surface area contributed by atoms with Crippen LogP contribution in [0.1, 0.15) is 18.4 Å². The van der Waals surface area contributed by atoms with Crippen molar-refractivity contribution in [3.63, 3.8) is 0 Å². The van der Waals surface area contributed by atoms with Gasteiger partial charge in [-0.05, 0) is 42.4 Å². The summed E-state index contributed by atoms with van der Waals surface area (Å²) in [6, 6.07) is 8.11. The van der Waals surface area contributed by atoms with Crippen molar-refractivity contribution < 1.29 is 9.53 Å². The number of likely N-dealkylation sites (tertiary alicyclic amines) is 1. The Balaban J connectivity index is 0.00000176. The smallest absolute Gasteiger partial charge is 0.222 e. The number of benzene rings is 1. The average Bonchev–Trinajstić information content (AvgIpc) is 3.09. The molecule has 0 radical (unpaired) electrons. The van der Waals surface area contributed by atoms with Gasteiger partial charge < -0.3 is 15.0 Å². The summed E-state index contributed by atoms with van der Waals surface area (Å²) in [4.78, 5) is 14.3. The Kier molecular flexibility index (Phi) is 6.09. The van der Waals surface area contributed by atoms with Crippen LogP contribution in [0.3, 0.4) is 0 Å². The zero-order valence-corrected chi connectivity index (χ0v) is 13.9. The SMILES string of the molecule is COc1ccc(CCCC(=O)N2C[C@H]3CNC[C@H]3C2)cc1.Cl. The van der Waals surface area contributed by atoms with Gasteiger partial charge in [-0.1, -0.05) is 12.1 Å². The number of carbonyl (C=O) groups excluding carboxylic acids is 1. The standard InChI is InChI=1S/C17H24N2O2.ClH/c1-21-16-7-5-13(6-8-16)3-2-4-17(20)19-11-14-9-18-10-15(14)12-19;/h5-8,14-15,18H,2-4,9-12H2,1H3;1H/t14-,15+;. The first-order valence-electron chi connectivity index (χ1n) is 7.87. The fourth-order valence-electron chi connectivity index (χ4n) is 3.45. The second-order valence-electron chi connectivity index (χ2n) is 6.18. The molecule has 22 heavy (non-hydrogen) atoms. The van der Waals surface area contributed by atoms with Crippen LogP contribution in [0.25, 0.3) is 0 Å². The van der Waals surface area contributed by atoms with E-state index in [4.69, 9.17) is 4.74 Å². The molecule has 0 aliphatic carbocycles. The molecule has 1 aromatic carbocycles. The summed E-state index contributed by atoms with van der Waals surface area (Å²) < 4.78 is 5.15. The molecule has 5 heteroatoms. The predicted molar refractivity (Wildman–Crippen MR) is 89.6 cm³/mol. The van der Waals surface area contributed by atoms with Crippen molar-refractivity contribution in [2.75, 3.05) is 33.3 Å². The lowest BCUT2D eigenvalue weighted by atomic mass is 10.0. The number of fused-ring (bicyclic) bond motifs is 1. The van der Waals surface area contributed by atoms with E-state index in [9.17, 15) is 4.79 Å². The van der Waals surface area contributed by atoms with E-state index in [0.717, 1.165) is 44.8 Å². The molecule has 0 unspecified atom stereocenters. The van der Waals surface area contributed by atoms with Crippen molar-refractivity contribution in [1.29, 1.82) is 0 Å². The first-order valence-corrected chi connectivity index (χ1v) is 7.87. The van der Waals surface area contributed by atoms with Crippen molar-refractivity contribution in [1.82, 2.24) is 10.2 Å². The summed E-state index contributed by atoms with van der Waals surface area (Å²) in [5.74, 6) is 2.59. The number of aryl methyl sites for hydroxylation is 1. The highest BCUT2D eigenvalue weighted by atomic mass is 35.5. The highest BCUT2D eigenvalue weighted by molar-refractivity contribution is 5.85. The van der Waals surface area contributed by atoms with Crippen molar-refractivity contribution in [3.05, 3.63) is 29.8 Å². The van der Waals surface area contributed by atoms with Crippen LogP contribution in [-0.2, 0) is 11.2 Å². The molecule has 0 aromatic heterocycles. The number of nitrogens with zero attached hydrogens (tertiary/aromatic N) is 1. The van der Waals surface area contributed by atoms with Gasteiger partial charge in [0.05, 0.1) is 7.11 Å². The number of hydrogen-bond acceptors (Lipinski definition) is 3. The summed E-state index contributed by atoms with van der Waals surface area (Å²) in [5.41, 5.74) is 1.27. The van der Waals surface area contributed by atoms with Gasteiger partial charge in [0, 0.05) is 32.6 Å². The van der Waals surface area contributed by atoms with Gasteiger partial charge in [0.1, 0.15) is 5.75 Å². The quantitative estimate of drug-likeness (QED) is 0.902. The van der Waals surface area contributed by atoms with Gasteiger partial charge in [0.2, 0.25) is 5.91 Å². The molecule has 1 amide bonds. The van der Waals surface area contributed by atoms with Crippen molar-refractivity contribution in [2.45, 2.75) is 19.3 Å². The molecular weight excluding hydrogens is 300 g/mol. The number of hydrogen-bond donors (Lipinski definition) is 1. The molecule has 2 fully saturated rings. The third-order valence-electron chi connectivity index (χ3n) is 4.76. The lowest BCUT2D eigenvalue weighted by Gasteiger charge is -2.17. The number of nitrogens with one attached hydrogen (secondary N) is 1. The number of methoxy groups -OCH3 is 1. The van der Waals surface area contributed by atoms with Gasteiger partial charge >= 0.3 is 0 Å². The number of halogens is 1. The van der Waals surface area contributed by atoms with E-state index in [1.807, 2.05) is 12.1 Å². The fourth-order valence-corrected chi connectivity index (χ4v) is 3.45. The minimum atomic E-state index is 0. The molecule has 4 nitrogen and oxygen atoms in total. The Morgan fingerprint density at radius 1 is 1.23 bits per heavy atom. The highest BCUT2D eigenvalue weighted by Gasteiger charge is 2.37. The lowest BCUT2D eigenvalue weighted by Crippen LogP contribution is -2.31. The van der Waals surface area contributed by atoms with Gasteiger partial charge in [0.15, 0.2) is 0 Å². The van der Waals surface area contributed by atoms with Gasteiger partial charge in [0.25, 0.3) is 0 Å². The first-order chi connectivity index (χ1) is 10.3. The van der Waals surface area contributed by atoms with Gasteiger partial charge in [-0.15, -0.1) is 12.4 Å². The van der Waals surface area contributed by atoms with Crippen LogP contribution in [0.4, 0.5) is 0 Å². The maximum absolute atomic E-state index is 12.3. The normalized spacial score (nSPS) is 23.0. The molecule has 2 aliphatic heterocycles. The third kappa shape index (κ3) is 3.93. The Bertz CT molecular complexity index is 480. The molecule has 2 aliphatic rings. The molecule has 2 heterocycles. The topological polar surface area (TPSA) is 41.6 Å². The summed E-state index contributed by atoms with van der Waals surface area (Å²) in [5, 5.41) is 3.41. The van der Waals surface area contributed by atoms with Crippen molar-refractivity contribution in [3.8, 4) is 5.75 Å². The summed E-state index contributed by atoms with van der Waals surface area (Å²) in [7, 11) is 1.68. The van der Waals surface area contributed by atoms with Crippen LogP contribution >= 0.6 is 12.4 Å². The van der Waals surface area contributed by atoms with Crippen LogP contribution in [0.2, 0.25) is 0 Å². The zero-order valence-electron chi connectivity index (χ0n) is 13.1. The summed E-state index contributed by atoms with van der Waals surface area (Å²) >= 11 is 0. The minimum absolute atomic E-state index is 0. The number of amides is 1. The van der Waals surface area contributed by atoms with Crippen LogP contribution in [0.5, 0.6) is 5.75 Å². The lowest BCUT2D eigenvalue weighted by molar-refractivity contribution is -0.130. The minimum Gasteiger partial charge on any atom is -0.497 e. The predicted octanol–water partition coefficient (Wildman–Crippen LogP) is 2.12. The van der Waals surface area contributed by atoms with E-state index in [-0.39, 0.29) is 12.4 Å². The molecule has 0 bridgehead atoms. The number of ether oxygens (including phenoxy) is 1. The first kappa shape index (κ1) is 17.1. The van der Waals surface area contributed by atoms with E-state index in [2.05, 4.69) is 22.3 Å². The van der Waals surface area contributed by atoms with Crippen molar-refractivity contribution >= 4 is 18.3 Å². The maximum Gasteiger partial charge on any atom is 0.222 e. The number of rotatable bonds is 5. The van der Waals surface area contributed by atoms with Gasteiger partial charge in [-0.25, -0.2) is 0 Å². The summed E-state index contributed by atoms with van der Waals surface area (Å²) in [6.45, 7) is 4.08. The van der Waals surface area contributed by atoms with Crippen LogP contribution in [-0.4, -0.2) is 44.1 Å². The Morgan fingerprint density at radius 3 is 2.45 bits per heavy atom. The molecule has 122 valence electrons. The van der Waals surface area contributed by atoms with Crippen LogP contribution < -0.4 is 10.1 Å². The van der Waals surface area contributed by atoms with E-state index in [1.54, 1.807) is 7.11 Å². The van der Waals surface area contributed by atoms with E-state index >= 15 is 0 Å². The largest absolute Gasteiger partial charge is 0.497 e. The Hall–Kier alpha value is -1.26. The molecular formula is C17H25ClN2O2. The summed E-state index contributed by atoms with van der Waals surface area (Å²) in [6.07, 6.45) is 2.55. The Labute approximate surface area is 138 Å². The zero-order chi connectivity index (χ0) is 14.7. The third-order valence-corrected chi connectivity index (χ3v) is 4.76.